The van der Waals surface area contributed by atoms with E-state index in [2.05, 4.69) is 25.0 Å². The number of β-lactam (4-membered cyclic amide) rings is 1. The molecule has 6 N–H and O–H groups in total. The lowest BCUT2D eigenvalue weighted by molar-refractivity contribution is -0.150. The van der Waals surface area contributed by atoms with Crippen molar-refractivity contribution in [1.29, 1.82) is 0 Å². The van der Waals surface area contributed by atoms with Crippen LogP contribution >= 0.6 is 69.6 Å². The van der Waals surface area contributed by atoms with Crippen LogP contribution in [0.3, 0.4) is 0 Å². The summed E-state index contributed by atoms with van der Waals surface area (Å²) in [5.74, 6) is -3.25. The molecule has 4 heterocycles. The molecule has 42 heavy (non-hydrogen) atoms. The number of benzene rings is 1. The second-order valence-corrected chi connectivity index (χ2v) is 13.3. The summed E-state index contributed by atoms with van der Waals surface area (Å²) in [5.41, 5.74) is 6.09. The number of hydrogen-bond donors (Lipinski definition) is 5. The van der Waals surface area contributed by atoms with E-state index in [0.29, 0.717) is 17.1 Å². The zero-order valence-electron chi connectivity index (χ0n) is 20.7. The Balaban J connectivity index is 1.32. The number of carbonyl (C=O) groups is 3. The molecule has 1 unspecified atom stereocenters. The quantitative estimate of drug-likeness (QED) is 0.0682. The van der Waals surface area contributed by atoms with Gasteiger partial charge in [-0.25, -0.2) is 9.78 Å². The second-order valence-electron chi connectivity index (χ2n) is 8.46. The minimum absolute atomic E-state index is 0.0654. The van der Waals surface area contributed by atoms with Gasteiger partial charge in [0.15, 0.2) is 22.3 Å². The van der Waals surface area contributed by atoms with E-state index in [1.807, 2.05) is 0 Å². The number of aromatic hydroxyl groups is 2. The van der Waals surface area contributed by atoms with Crippen molar-refractivity contribution in [3.05, 3.63) is 50.2 Å². The van der Waals surface area contributed by atoms with Crippen molar-refractivity contribution in [2.24, 2.45) is 5.16 Å². The standard InChI is InChI=1S/C22H17Cl2N7O7S4/c23-9-1-7(12(24)17(33)16(9)32)3-38-29-13(10-6-41-22(25)27-10)18(34)28-14-19(35)31-15(21(36)37)8(5-40-20(14)31)4-39-11-2-26-30-42-11/h1-2,6,14,20,32-33H,3-5H2,(H2,25,27)(H,28,34)(H,36,37)/b29-13-/t14?,20-/m1/s1. The van der Waals surface area contributed by atoms with E-state index < -0.39 is 40.7 Å². The normalized spacial score (nSPS) is 18.5. The number of nitrogens with one attached hydrogen (secondary N) is 1. The van der Waals surface area contributed by atoms with Crippen LogP contribution in [-0.2, 0) is 25.8 Å². The summed E-state index contributed by atoms with van der Waals surface area (Å²) in [6, 6.07) is 0.214. The zero-order chi connectivity index (χ0) is 30.1. The van der Waals surface area contributed by atoms with E-state index in [0.717, 1.165) is 15.5 Å². The number of nitrogens with zero attached hydrogens (tertiary/aromatic N) is 5. The Morgan fingerprint density at radius 2 is 2.10 bits per heavy atom. The van der Waals surface area contributed by atoms with E-state index in [4.69, 9.17) is 33.8 Å². The first-order valence-electron chi connectivity index (χ1n) is 11.5. The first kappa shape index (κ1) is 30.2. The van der Waals surface area contributed by atoms with Crippen molar-refractivity contribution in [1.82, 2.24) is 24.8 Å². The predicted octanol–water partition coefficient (Wildman–Crippen LogP) is 2.75. The van der Waals surface area contributed by atoms with Crippen LogP contribution in [0.4, 0.5) is 5.13 Å². The molecule has 0 bridgehead atoms. The van der Waals surface area contributed by atoms with Gasteiger partial charge in [0, 0.05) is 22.4 Å². The molecule has 220 valence electrons. The Kier molecular flexibility index (Phi) is 9.00. The molecule has 1 saturated heterocycles. The molecule has 0 aliphatic carbocycles. The fourth-order valence-electron chi connectivity index (χ4n) is 3.91. The molecule has 2 atom stereocenters. The number of phenolic OH excluding ortho intramolecular Hbond substituents is 2. The predicted molar refractivity (Wildman–Crippen MR) is 158 cm³/mol. The van der Waals surface area contributed by atoms with Gasteiger partial charge in [-0.15, -0.1) is 40.0 Å². The minimum atomic E-state index is -1.25. The highest BCUT2D eigenvalue weighted by molar-refractivity contribution is 8.01. The molecule has 14 nitrogen and oxygen atoms in total. The van der Waals surface area contributed by atoms with Gasteiger partial charge in [0.2, 0.25) is 0 Å². The van der Waals surface area contributed by atoms with Gasteiger partial charge in [0.25, 0.3) is 11.8 Å². The van der Waals surface area contributed by atoms with E-state index >= 15 is 0 Å². The summed E-state index contributed by atoms with van der Waals surface area (Å²) in [7, 11) is 0. The fraction of sp³-hybridized carbons (Fsp3) is 0.227. The van der Waals surface area contributed by atoms with Gasteiger partial charge in [-0.2, -0.15) is 0 Å². The minimum Gasteiger partial charge on any atom is -0.503 e. The molecular formula is C22H17Cl2N7O7S4. The highest BCUT2D eigenvalue weighted by Gasteiger charge is 2.54. The lowest BCUT2D eigenvalue weighted by atomic mass is 10.0. The molecular weight excluding hydrogens is 673 g/mol. The highest BCUT2D eigenvalue weighted by atomic mass is 35.5. The fourth-order valence-corrected chi connectivity index (χ4v) is 7.79. The maximum atomic E-state index is 13.3. The summed E-state index contributed by atoms with van der Waals surface area (Å²) < 4.78 is 4.59. The summed E-state index contributed by atoms with van der Waals surface area (Å²) >= 11 is 16.8. The number of carbonyl (C=O) groups excluding carboxylic acids is 2. The smallest absolute Gasteiger partial charge is 0.352 e. The molecule has 5 rings (SSSR count). The van der Waals surface area contributed by atoms with Crippen LogP contribution in [0.1, 0.15) is 11.3 Å². The lowest BCUT2D eigenvalue weighted by Crippen LogP contribution is -2.71. The van der Waals surface area contributed by atoms with Crippen molar-refractivity contribution in [2.75, 3.05) is 17.2 Å². The van der Waals surface area contributed by atoms with Crippen molar-refractivity contribution >= 4 is 98.2 Å². The summed E-state index contributed by atoms with van der Waals surface area (Å²) in [6.45, 7) is -0.359. The van der Waals surface area contributed by atoms with Crippen LogP contribution in [0.25, 0.3) is 0 Å². The average molecular weight is 691 g/mol. The topological polar surface area (TPSA) is 213 Å². The van der Waals surface area contributed by atoms with E-state index in [1.54, 1.807) is 6.20 Å². The first-order valence-corrected chi connectivity index (χ1v) is 15.9. The molecule has 1 fully saturated rings. The Labute approximate surface area is 262 Å². The van der Waals surface area contributed by atoms with Gasteiger partial charge in [0.05, 0.1) is 16.2 Å². The number of aromatic nitrogens is 3. The number of halogens is 2. The number of thioether (sulfide) groups is 2. The molecule has 2 aliphatic rings. The number of phenols is 2. The second kappa shape index (κ2) is 12.5. The van der Waals surface area contributed by atoms with Crippen LogP contribution in [0.5, 0.6) is 11.5 Å². The number of fused-ring (bicyclic) bond motifs is 1. The number of hydrogen-bond acceptors (Lipinski definition) is 15. The largest absolute Gasteiger partial charge is 0.503 e. The Bertz CT molecular complexity index is 1630. The monoisotopic (exact) mass is 689 g/mol. The maximum Gasteiger partial charge on any atom is 0.352 e. The zero-order valence-corrected chi connectivity index (χ0v) is 25.5. The Morgan fingerprint density at radius 3 is 2.76 bits per heavy atom. The summed E-state index contributed by atoms with van der Waals surface area (Å²) in [6.07, 6.45) is 1.58. The first-order chi connectivity index (χ1) is 20.1. The molecule has 20 heteroatoms. The van der Waals surface area contributed by atoms with Crippen molar-refractivity contribution in [3.8, 4) is 11.5 Å². The number of rotatable bonds is 10. The molecule has 0 spiro atoms. The third-order valence-corrected chi connectivity index (χ3v) is 10.5. The van der Waals surface area contributed by atoms with Crippen LogP contribution in [0.15, 0.2) is 38.3 Å². The number of carboxylic acids is 1. The van der Waals surface area contributed by atoms with E-state index in [-0.39, 0.29) is 44.4 Å². The highest BCUT2D eigenvalue weighted by Crippen LogP contribution is 2.43. The molecule has 0 saturated carbocycles. The molecule has 2 aromatic heterocycles. The average Bonchev–Trinajstić information content (AvgIpc) is 3.65. The number of thiazole rings is 1. The van der Waals surface area contributed by atoms with Gasteiger partial charge in [0.1, 0.15) is 33.6 Å². The SMILES string of the molecule is Nc1nc(/C(=N/OCc2cc(Cl)c(O)c(O)c2Cl)C(=O)NC2C(=O)N3C(C(=O)O)=C(CSc4cnns4)CS[C@H]23)cs1. The van der Waals surface area contributed by atoms with Gasteiger partial charge >= 0.3 is 5.97 Å². The Morgan fingerprint density at radius 1 is 1.31 bits per heavy atom. The Hall–Kier alpha value is -3.29. The number of anilines is 1. The molecule has 3 aromatic rings. The van der Waals surface area contributed by atoms with Gasteiger partial charge in [-0.3, -0.25) is 14.5 Å². The summed E-state index contributed by atoms with van der Waals surface area (Å²) in [5, 5.41) is 40.3. The number of oxime groups is 1. The lowest BCUT2D eigenvalue weighted by Gasteiger charge is -2.49. The number of aliphatic carboxylic acids is 1. The molecule has 2 amide bonds. The van der Waals surface area contributed by atoms with Crippen LogP contribution < -0.4 is 11.1 Å². The third-order valence-electron chi connectivity index (χ3n) is 5.86. The third kappa shape index (κ3) is 5.95. The van der Waals surface area contributed by atoms with Crippen LogP contribution in [-0.4, -0.2) is 81.2 Å². The molecule has 0 radical (unpaired) electrons. The molecule has 2 aliphatic heterocycles. The summed E-state index contributed by atoms with van der Waals surface area (Å²) in [4.78, 5) is 49.1. The van der Waals surface area contributed by atoms with Crippen LogP contribution in [0.2, 0.25) is 10.0 Å². The van der Waals surface area contributed by atoms with E-state index in [9.17, 15) is 29.7 Å². The number of amides is 2. The van der Waals surface area contributed by atoms with Gasteiger partial charge in [-0.05, 0) is 23.2 Å². The molecule has 1 aromatic carbocycles. The van der Waals surface area contributed by atoms with Gasteiger partial charge < -0.3 is 31.2 Å². The van der Waals surface area contributed by atoms with E-state index in [1.165, 1.54) is 51.4 Å². The number of nitrogens with two attached hydrogens (primary N) is 1. The van der Waals surface area contributed by atoms with Crippen LogP contribution in [0, 0.1) is 0 Å². The number of nitrogen functional groups attached to an aromatic ring is 1. The number of carboxylic acid groups (broad SMARTS) is 1. The maximum absolute atomic E-state index is 13.3. The van der Waals surface area contributed by atoms with Gasteiger partial charge in [-0.1, -0.05) is 32.8 Å². The van der Waals surface area contributed by atoms with Crippen molar-refractivity contribution < 1.29 is 34.5 Å². The van der Waals surface area contributed by atoms with Crippen molar-refractivity contribution in [3.63, 3.8) is 0 Å². The van der Waals surface area contributed by atoms with Crippen molar-refractivity contribution in [2.45, 2.75) is 22.2 Å².